The molecule has 0 aromatic carbocycles. The van der Waals surface area contributed by atoms with Crippen LogP contribution in [0.5, 0.6) is 0 Å². The van der Waals surface area contributed by atoms with Gasteiger partial charge in [0.1, 0.15) is 0 Å². The molecule has 0 aliphatic rings. The van der Waals surface area contributed by atoms with Crippen molar-refractivity contribution in [1.82, 2.24) is 9.97 Å². The Bertz CT molecular complexity index is 710. The summed E-state index contributed by atoms with van der Waals surface area (Å²) >= 11 is 1.62. The Hall–Kier alpha value is -1.98. The van der Waals surface area contributed by atoms with Crippen LogP contribution in [0.15, 0.2) is 42.2 Å². The van der Waals surface area contributed by atoms with Crippen LogP contribution in [-0.2, 0) is 6.42 Å². The molecular weight excluding hydrogens is 258 g/mol. The van der Waals surface area contributed by atoms with Gasteiger partial charge in [0.25, 0.3) is 0 Å². The van der Waals surface area contributed by atoms with E-state index >= 15 is 0 Å². The van der Waals surface area contributed by atoms with Gasteiger partial charge in [0.2, 0.25) is 0 Å². The second-order valence-corrected chi connectivity index (χ2v) is 5.31. The number of rotatable bonds is 3. The van der Waals surface area contributed by atoms with Crippen LogP contribution in [0.3, 0.4) is 0 Å². The number of hydrogen-bond acceptors (Lipinski definition) is 5. The Labute approximate surface area is 114 Å². The summed E-state index contributed by atoms with van der Waals surface area (Å²) in [6.45, 7) is 0. The molecule has 3 aromatic heterocycles. The molecule has 1 atom stereocenters. The van der Waals surface area contributed by atoms with E-state index in [-0.39, 0.29) is 0 Å². The Balaban J connectivity index is 1.87. The molecule has 19 heavy (non-hydrogen) atoms. The summed E-state index contributed by atoms with van der Waals surface area (Å²) < 4.78 is 1.08. The van der Waals surface area contributed by atoms with Gasteiger partial charge in [-0.1, -0.05) is 0 Å². The molecule has 0 radical (unpaired) electrons. The van der Waals surface area contributed by atoms with Gasteiger partial charge < -0.3 is 10.8 Å². The standard InChI is InChI=1S/C14H13N3OS/c15-11-1-3-16-7-9(11)5-13(18)10-6-14-12(17-8-10)2-4-19-14/h1-4,6-8,13,18H,5H2,(H2,15,16). The first-order chi connectivity index (χ1) is 9.24. The number of aliphatic hydroxyl groups excluding tert-OH is 1. The molecule has 0 aliphatic heterocycles. The van der Waals surface area contributed by atoms with Crippen molar-refractivity contribution in [1.29, 1.82) is 0 Å². The highest BCUT2D eigenvalue weighted by molar-refractivity contribution is 7.17. The van der Waals surface area contributed by atoms with E-state index in [0.717, 1.165) is 21.3 Å². The van der Waals surface area contributed by atoms with Crippen molar-refractivity contribution >= 4 is 27.2 Å². The first-order valence-electron chi connectivity index (χ1n) is 5.93. The maximum Gasteiger partial charge on any atom is 0.0847 e. The molecule has 3 N–H and O–H groups in total. The monoisotopic (exact) mass is 271 g/mol. The maximum atomic E-state index is 10.3. The molecular formula is C14H13N3OS. The highest BCUT2D eigenvalue weighted by Crippen LogP contribution is 2.25. The van der Waals surface area contributed by atoms with Crippen LogP contribution >= 0.6 is 11.3 Å². The third-order valence-electron chi connectivity index (χ3n) is 3.06. The minimum absolute atomic E-state index is 0.443. The first-order valence-corrected chi connectivity index (χ1v) is 6.81. The van der Waals surface area contributed by atoms with Crippen molar-refractivity contribution in [2.45, 2.75) is 12.5 Å². The second-order valence-electron chi connectivity index (χ2n) is 4.37. The fourth-order valence-electron chi connectivity index (χ4n) is 1.98. The summed E-state index contributed by atoms with van der Waals surface area (Å²) in [7, 11) is 0. The van der Waals surface area contributed by atoms with E-state index in [0.29, 0.717) is 12.1 Å². The summed E-state index contributed by atoms with van der Waals surface area (Å²) in [5, 5.41) is 12.3. The van der Waals surface area contributed by atoms with Gasteiger partial charge in [-0.2, -0.15) is 0 Å². The van der Waals surface area contributed by atoms with E-state index in [1.165, 1.54) is 0 Å². The minimum atomic E-state index is -0.620. The van der Waals surface area contributed by atoms with Gasteiger partial charge in [0, 0.05) is 36.3 Å². The number of aliphatic hydroxyl groups is 1. The highest BCUT2D eigenvalue weighted by atomic mass is 32.1. The van der Waals surface area contributed by atoms with E-state index in [2.05, 4.69) is 9.97 Å². The van der Waals surface area contributed by atoms with Gasteiger partial charge in [0.05, 0.1) is 16.3 Å². The number of fused-ring (bicyclic) bond motifs is 1. The average Bonchev–Trinajstić information content (AvgIpc) is 2.88. The van der Waals surface area contributed by atoms with E-state index < -0.39 is 6.10 Å². The lowest BCUT2D eigenvalue weighted by Crippen LogP contribution is -2.05. The number of hydrogen-bond donors (Lipinski definition) is 2. The molecule has 96 valence electrons. The van der Waals surface area contributed by atoms with Crippen LogP contribution < -0.4 is 5.73 Å². The quantitative estimate of drug-likeness (QED) is 0.768. The average molecular weight is 271 g/mol. The third kappa shape index (κ3) is 2.43. The van der Waals surface area contributed by atoms with Crippen molar-refractivity contribution in [3.8, 4) is 0 Å². The zero-order valence-corrected chi connectivity index (χ0v) is 11.0. The van der Waals surface area contributed by atoms with Crippen LogP contribution in [0, 0.1) is 0 Å². The molecule has 4 nitrogen and oxygen atoms in total. The molecule has 3 heterocycles. The van der Waals surface area contributed by atoms with Crippen LogP contribution in [0.4, 0.5) is 5.69 Å². The number of aromatic nitrogens is 2. The van der Waals surface area contributed by atoms with Crippen LogP contribution in [0.2, 0.25) is 0 Å². The summed E-state index contributed by atoms with van der Waals surface area (Å²) in [5.74, 6) is 0. The molecule has 3 aromatic rings. The van der Waals surface area contributed by atoms with Gasteiger partial charge in [-0.25, -0.2) is 0 Å². The Morgan fingerprint density at radius 1 is 1.32 bits per heavy atom. The fourth-order valence-corrected chi connectivity index (χ4v) is 2.77. The lowest BCUT2D eigenvalue weighted by molar-refractivity contribution is 0.178. The molecule has 0 bridgehead atoms. The van der Waals surface area contributed by atoms with Crippen LogP contribution in [0.25, 0.3) is 10.2 Å². The maximum absolute atomic E-state index is 10.3. The van der Waals surface area contributed by atoms with Crippen molar-refractivity contribution in [3.05, 3.63) is 53.3 Å². The third-order valence-corrected chi connectivity index (χ3v) is 3.92. The lowest BCUT2D eigenvalue weighted by Gasteiger charge is -2.12. The zero-order chi connectivity index (χ0) is 13.2. The SMILES string of the molecule is Nc1ccncc1CC(O)c1cnc2ccsc2c1. The van der Waals surface area contributed by atoms with Gasteiger partial charge >= 0.3 is 0 Å². The molecule has 5 heteroatoms. The van der Waals surface area contributed by atoms with Crippen LogP contribution in [-0.4, -0.2) is 15.1 Å². The molecule has 0 saturated heterocycles. The van der Waals surface area contributed by atoms with E-state index in [4.69, 9.17) is 5.73 Å². The second kappa shape index (κ2) is 4.95. The summed E-state index contributed by atoms with van der Waals surface area (Å²) in [6, 6.07) is 5.68. The van der Waals surface area contributed by atoms with Crippen LogP contribution in [0.1, 0.15) is 17.2 Å². The van der Waals surface area contributed by atoms with E-state index in [9.17, 15) is 5.11 Å². The zero-order valence-electron chi connectivity index (χ0n) is 10.2. The molecule has 3 rings (SSSR count). The number of pyridine rings is 2. The molecule has 1 unspecified atom stereocenters. The summed E-state index contributed by atoms with van der Waals surface area (Å²) in [5.41, 5.74) is 9.12. The molecule has 0 saturated carbocycles. The predicted octanol–water partition coefficient (Wildman–Crippen LogP) is 2.55. The largest absolute Gasteiger partial charge is 0.398 e. The number of nitrogens with two attached hydrogens (primary N) is 1. The molecule has 0 spiro atoms. The molecule has 0 aliphatic carbocycles. The molecule has 0 fully saturated rings. The predicted molar refractivity (Wildman–Crippen MR) is 76.9 cm³/mol. The summed E-state index contributed by atoms with van der Waals surface area (Å²) in [6.07, 6.45) is 4.87. The Morgan fingerprint density at radius 3 is 3.05 bits per heavy atom. The minimum Gasteiger partial charge on any atom is -0.398 e. The Kier molecular flexibility index (Phi) is 3.15. The van der Waals surface area contributed by atoms with Crippen molar-refractivity contribution in [3.63, 3.8) is 0 Å². The van der Waals surface area contributed by atoms with Crippen molar-refractivity contribution < 1.29 is 5.11 Å². The van der Waals surface area contributed by atoms with E-state index in [1.54, 1.807) is 36.0 Å². The van der Waals surface area contributed by atoms with Gasteiger partial charge in [-0.15, -0.1) is 11.3 Å². The normalized spacial score (nSPS) is 12.7. The Morgan fingerprint density at radius 2 is 2.21 bits per heavy atom. The van der Waals surface area contributed by atoms with Crippen molar-refractivity contribution in [2.75, 3.05) is 5.73 Å². The van der Waals surface area contributed by atoms with Gasteiger partial charge in [-0.3, -0.25) is 9.97 Å². The number of thiophene rings is 1. The molecule has 0 amide bonds. The summed E-state index contributed by atoms with van der Waals surface area (Å²) in [4.78, 5) is 8.36. The number of nitrogen functional groups attached to an aromatic ring is 1. The number of nitrogens with zero attached hydrogens (tertiary/aromatic N) is 2. The lowest BCUT2D eigenvalue weighted by atomic mass is 10.0. The smallest absolute Gasteiger partial charge is 0.0847 e. The number of anilines is 1. The van der Waals surface area contributed by atoms with Gasteiger partial charge in [-0.05, 0) is 29.1 Å². The topological polar surface area (TPSA) is 72.0 Å². The van der Waals surface area contributed by atoms with Gasteiger partial charge in [0.15, 0.2) is 0 Å². The fraction of sp³-hybridized carbons (Fsp3) is 0.143. The first kappa shape index (κ1) is 12.1. The van der Waals surface area contributed by atoms with Crippen molar-refractivity contribution in [2.24, 2.45) is 0 Å². The highest BCUT2D eigenvalue weighted by Gasteiger charge is 2.12. The van der Waals surface area contributed by atoms with E-state index in [1.807, 2.05) is 17.5 Å².